The number of aromatic nitrogens is 1. The Labute approximate surface area is 87.9 Å². The van der Waals surface area contributed by atoms with E-state index in [2.05, 4.69) is 10.1 Å². The summed E-state index contributed by atoms with van der Waals surface area (Å²) in [5.41, 5.74) is -0.965. The Morgan fingerprint density at radius 2 is 2.00 bits per heavy atom. The van der Waals surface area contributed by atoms with E-state index in [1.54, 1.807) is 0 Å². The van der Waals surface area contributed by atoms with Crippen molar-refractivity contribution in [3.8, 4) is 0 Å². The van der Waals surface area contributed by atoms with E-state index in [1.807, 2.05) is 0 Å². The van der Waals surface area contributed by atoms with Gasteiger partial charge in [0.1, 0.15) is 0 Å². The lowest BCUT2D eigenvalue weighted by atomic mass is 10.3. The minimum Gasteiger partial charge on any atom is -0.223 e. The molecule has 1 aromatic rings. The monoisotopic (exact) mass is 260 g/mol. The first-order valence-corrected chi connectivity index (χ1v) is 5.33. The van der Waals surface area contributed by atoms with Gasteiger partial charge in [-0.1, -0.05) is 11.6 Å². The van der Waals surface area contributed by atoms with Crippen LogP contribution in [0.4, 0.5) is 13.2 Å². The summed E-state index contributed by atoms with van der Waals surface area (Å²) in [4.78, 5) is 2.84. The molecule has 4 nitrogen and oxygen atoms in total. The second kappa shape index (κ2) is 3.95. The molecule has 0 radical (unpaired) electrons. The van der Waals surface area contributed by atoms with Crippen molar-refractivity contribution in [3.05, 3.63) is 22.6 Å². The minimum absolute atomic E-state index is 0.349. The highest BCUT2D eigenvalue weighted by atomic mass is 35.5. The Balaban J connectivity index is 3.56. The van der Waals surface area contributed by atoms with Crippen LogP contribution < -0.4 is 5.14 Å². The maximum Gasteiger partial charge on any atom is 0.265 e. The van der Waals surface area contributed by atoms with Crippen LogP contribution in [0.25, 0.3) is 0 Å². The quantitative estimate of drug-likeness (QED) is 0.818. The molecule has 0 amide bonds. The highest BCUT2D eigenvalue weighted by Crippen LogP contribution is 2.30. The van der Waals surface area contributed by atoms with Gasteiger partial charge in [-0.15, -0.1) is 0 Å². The molecule has 0 saturated carbocycles. The molecule has 9 heteroatoms. The fourth-order valence-corrected chi connectivity index (χ4v) is 1.92. The fraction of sp³-hybridized carbons (Fsp3) is 0.167. The van der Waals surface area contributed by atoms with Gasteiger partial charge in [0.05, 0.1) is 5.02 Å². The second-order valence-corrected chi connectivity index (χ2v) is 4.35. The Hall–Kier alpha value is -0.860. The molecule has 1 aromatic heterocycles. The van der Waals surface area contributed by atoms with E-state index in [-0.39, 0.29) is 0 Å². The molecule has 2 N–H and O–H groups in total. The average molecular weight is 261 g/mol. The van der Waals surface area contributed by atoms with Crippen LogP contribution in [0, 0.1) is 5.95 Å². The number of sulfonamides is 1. The minimum atomic E-state index is -4.43. The SMILES string of the molecule is NS(=O)(=O)c1nc(F)cc(C(F)F)c1Cl. The van der Waals surface area contributed by atoms with Crippen LogP contribution in [-0.2, 0) is 10.0 Å². The standard InChI is InChI=1S/C6H4ClF3N2O2S/c7-4-2(5(9)10)1-3(8)12-6(4)15(11,13)14/h1,5H,(H2,11,13,14). The van der Waals surface area contributed by atoms with Crippen molar-refractivity contribution in [2.24, 2.45) is 5.14 Å². The summed E-state index contributed by atoms with van der Waals surface area (Å²) in [5, 5.41) is 2.64. The summed E-state index contributed by atoms with van der Waals surface area (Å²) >= 11 is 5.29. The fourth-order valence-electron chi connectivity index (χ4n) is 0.841. The van der Waals surface area contributed by atoms with Gasteiger partial charge in [0, 0.05) is 11.6 Å². The maximum atomic E-state index is 12.7. The van der Waals surface area contributed by atoms with Gasteiger partial charge < -0.3 is 0 Å². The lowest BCUT2D eigenvalue weighted by Gasteiger charge is -2.06. The summed E-state index contributed by atoms with van der Waals surface area (Å²) in [6.45, 7) is 0. The largest absolute Gasteiger partial charge is 0.265 e. The van der Waals surface area contributed by atoms with E-state index in [1.165, 1.54) is 0 Å². The predicted octanol–water partition coefficient (Wildman–Crippen LogP) is 1.46. The highest BCUT2D eigenvalue weighted by molar-refractivity contribution is 7.89. The van der Waals surface area contributed by atoms with E-state index in [0.29, 0.717) is 6.07 Å². The molecule has 1 heterocycles. The third-order valence-electron chi connectivity index (χ3n) is 1.43. The van der Waals surface area contributed by atoms with Crippen LogP contribution in [0.3, 0.4) is 0 Å². The Morgan fingerprint density at radius 3 is 2.40 bits per heavy atom. The number of hydrogen-bond donors (Lipinski definition) is 1. The summed E-state index contributed by atoms with van der Waals surface area (Å²) < 4.78 is 58.8. The van der Waals surface area contributed by atoms with E-state index >= 15 is 0 Å². The average Bonchev–Trinajstić information content (AvgIpc) is 2.06. The molecule has 0 saturated heterocycles. The first-order valence-electron chi connectivity index (χ1n) is 3.40. The zero-order valence-corrected chi connectivity index (χ0v) is 8.49. The van der Waals surface area contributed by atoms with Crippen LogP contribution in [0.5, 0.6) is 0 Å². The number of halogens is 4. The van der Waals surface area contributed by atoms with Crippen molar-refractivity contribution in [1.82, 2.24) is 4.98 Å². The van der Waals surface area contributed by atoms with Gasteiger partial charge in [0.2, 0.25) is 5.95 Å². The summed E-state index contributed by atoms with van der Waals surface area (Å²) in [5.74, 6) is -1.39. The van der Waals surface area contributed by atoms with Crippen molar-refractivity contribution in [3.63, 3.8) is 0 Å². The molecule has 0 unspecified atom stereocenters. The maximum absolute atomic E-state index is 12.7. The Kier molecular flexibility index (Phi) is 3.22. The Bertz CT molecular complexity index is 491. The number of rotatable bonds is 2. The van der Waals surface area contributed by atoms with Crippen molar-refractivity contribution in [2.75, 3.05) is 0 Å². The molecule has 0 aliphatic heterocycles. The first-order chi connectivity index (χ1) is 6.73. The molecule has 0 atom stereocenters. The van der Waals surface area contributed by atoms with Gasteiger partial charge in [-0.05, 0) is 0 Å². The first kappa shape index (κ1) is 12.2. The zero-order valence-electron chi connectivity index (χ0n) is 6.92. The topological polar surface area (TPSA) is 73.1 Å². The summed E-state index contributed by atoms with van der Waals surface area (Å²) in [6, 6.07) is 0.349. The molecular weight excluding hydrogens is 257 g/mol. The van der Waals surface area contributed by atoms with E-state index < -0.39 is 38.0 Å². The number of pyridine rings is 1. The van der Waals surface area contributed by atoms with E-state index in [4.69, 9.17) is 11.6 Å². The zero-order chi connectivity index (χ0) is 11.8. The molecule has 0 fully saturated rings. The number of primary sulfonamides is 1. The number of nitrogens with two attached hydrogens (primary N) is 1. The van der Waals surface area contributed by atoms with Gasteiger partial charge in [0.25, 0.3) is 16.4 Å². The van der Waals surface area contributed by atoms with E-state index in [0.717, 1.165) is 0 Å². The molecule has 15 heavy (non-hydrogen) atoms. The van der Waals surface area contributed by atoms with Gasteiger partial charge in [0.15, 0.2) is 5.03 Å². The lowest BCUT2D eigenvalue weighted by Crippen LogP contribution is -2.16. The molecular formula is C6H4ClF3N2O2S. The second-order valence-electron chi connectivity index (χ2n) is 2.50. The third-order valence-corrected chi connectivity index (χ3v) is 2.77. The highest BCUT2D eigenvalue weighted by Gasteiger charge is 2.23. The van der Waals surface area contributed by atoms with Gasteiger partial charge >= 0.3 is 0 Å². The number of nitrogens with zero attached hydrogens (tertiary/aromatic N) is 1. The third kappa shape index (κ3) is 2.58. The summed E-state index contributed by atoms with van der Waals surface area (Å²) in [7, 11) is -4.43. The Morgan fingerprint density at radius 1 is 1.47 bits per heavy atom. The predicted molar refractivity (Wildman–Crippen MR) is 45.5 cm³/mol. The molecule has 1 rings (SSSR count). The van der Waals surface area contributed by atoms with Crippen LogP contribution in [-0.4, -0.2) is 13.4 Å². The van der Waals surface area contributed by atoms with Crippen LogP contribution in [0.2, 0.25) is 5.02 Å². The normalized spacial score (nSPS) is 12.1. The molecule has 0 bridgehead atoms. The number of alkyl halides is 2. The summed E-state index contributed by atoms with van der Waals surface area (Å²) in [6.07, 6.45) is -3.12. The van der Waals surface area contributed by atoms with Crippen LogP contribution >= 0.6 is 11.6 Å². The van der Waals surface area contributed by atoms with Crippen molar-refractivity contribution >= 4 is 21.6 Å². The van der Waals surface area contributed by atoms with E-state index in [9.17, 15) is 21.6 Å². The molecule has 0 aliphatic carbocycles. The van der Waals surface area contributed by atoms with Crippen molar-refractivity contribution in [2.45, 2.75) is 11.5 Å². The van der Waals surface area contributed by atoms with Gasteiger partial charge in [-0.3, -0.25) is 0 Å². The molecule has 0 aliphatic rings. The van der Waals surface area contributed by atoms with Gasteiger partial charge in [-0.2, -0.15) is 4.39 Å². The smallest absolute Gasteiger partial charge is 0.223 e. The van der Waals surface area contributed by atoms with Gasteiger partial charge in [-0.25, -0.2) is 27.3 Å². The molecule has 0 spiro atoms. The van der Waals surface area contributed by atoms with Crippen molar-refractivity contribution in [1.29, 1.82) is 0 Å². The van der Waals surface area contributed by atoms with Crippen LogP contribution in [0.15, 0.2) is 11.1 Å². The van der Waals surface area contributed by atoms with Crippen LogP contribution in [0.1, 0.15) is 12.0 Å². The molecule has 0 aromatic carbocycles. The lowest BCUT2D eigenvalue weighted by molar-refractivity contribution is 0.150. The van der Waals surface area contributed by atoms with Crippen molar-refractivity contribution < 1.29 is 21.6 Å². The number of hydrogen-bond acceptors (Lipinski definition) is 3. The molecule has 84 valence electrons.